The van der Waals surface area contributed by atoms with Crippen LogP contribution in [-0.2, 0) is 6.54 Å². The summed E-state index contributed by atoms with van der Waals surface area (Å²) in [7, 11) is 0. The average molecular weight is 213 g/mol. The van der Waals surface area contributed by atoms with E-state index in [1.807, 2.05) is 18.2 Å². The van der Waals surface area contributed by atoms with Crippen LogP contribution in [0.2, 0.25) is 0 Å². The topological polar surface area (TPSA) is 30.7 Å². The fourth-order valence-corrected chi connectivity index (χ4v) is 2.39. The molecule has 0 fully saturated rings. The van der Waals surface area contributed by atoms with Gasteiger partial charge >= 0.3 is 0 Å². The van der Waals surface area contributed by atoms with E-state index in [0.717, 1.165) is 23.8 Å². The van der Waals surface area contributed by atoms with E-state index in [1.165, 1.54) is 12.8 Å². The highest BCUT2D eigenvalue weighted by molar-refractivity contribution is 5.55. The van der Waals surface area contributed by atoms with Crippen molar-refractivity contribution in [2.24, 2.45) is 0 Å². The third-order valence-corrected chi connectivity index (χ3v) is 3.27. The molecule has 0 N–H and O–H groups in total. The van der Waals surface area contributed by atoms with Gasteiger partial charge in [-0.2, -0.15) is 0 Å². The van der Waals surface area contributed by atoms with Crippen LogP contribution in [0.15, 0.2) is 30.3 Å². The van der Waals surface area contributed by atoms with Crippen molar-refractivity contribution in [2.75, 3.05) is 0 Å². The molecule has 0 aliphatic carbocycles. The normalized spacial score (nSPS) is 19.4. The standard InChI is InChI=1S/C13H15N3/c1-10-6-5-9-16-12(10)14-15-13(16)11-7-3-2-4-8-11/h2-4,7-8,10H,5-6,9H2,1H3. The van der Waals surface area contributed by atoms with Crippen LogP contribution < -0.4 is 0 Å². The number of hydrogen-bond donors (Lipinski definition) is 0. The molecule has 1 aliphatic heterocycles. The van der Waals surface area contributed by atoms with Gasteiger partial charge in [-0.1, -0.05) is 37.3 Å². The largest absolute Gasteiger partial charge is 0.311 e. The second kappa shape index (κ2) is 3.74. The first-order valence-corrected chi connectivity index (χ1v) is 5.85. The van der Waals surface area contributed by atoms with Gasteiger partial charge in [0.1, 0.15) is 5.82 Å². The van der Waals surface area contributed by atoms with Crippen molar-refractivity contribution < 1.29 is 0 Å². The Labute approximate surface area is 95.1 Å². The molecule has 0 amide bonds. The third kappa shape index (κ3) is 1.43. The van der Waals surface area contributed by atoms with Crippen LogP contribution in [-0.4, -0.2) is 14.8 Å². The molecule has 0 radical (unpaired) electrons. The number of aromatic nitrogens is 3. The van der Waals surface area contributed by atoms with E-state index in [0.29, 0.717) is 5.92 Å². The third-order valence-electron chi connectivity index (χ3n) is 3.27. The lowest BCUT2D eigenvalue weighted by molar-refractivity contribution is 0.466. The highest BCUT2D eigenvalue weighted by Gasteiger charge is 2.22. The molecule has 0 spiro atoms. The number of benzene rings is 1. The molecule has 1 unspecified atom stereocenters. The van der Waals surface area contributed by atoms with E-state index in [4.69, 9.17) is 0 Å². The average Bonchev–Trinajstić information content (AvgIpc) is 2.75. The first-order valence-electron chi connectivity index (χ1n) is 5.85. The summed E-state index contributed by atoms with van der Waals surface area (Å²) in [5, 5.41) is 8.66. The summed E-state index contributed by atoms with van der Waals surface area (Å²) in [5.41, 5.74) is 1.16. The Morgan fingerprint density at radius 3 is 2.81 bits per heavy atom. The highest BCUT2D eigenvalue weighted by atomic mass is 15.3. The lowest BCUT2D eigenvalue weighted by Crippen LogP contribution is -2.14. The second-order valence-corrected chi connectivity index (χ2v) is 4.44. The van der Waals surface area contributed by atoms with Crippen molar-refractivity contribution in [3.8, 4) is 11.4 Å². The predicted octanol–water partition coefficient (Wildman–Crippen LogP) is 2.84. The van der Waals surface area contributed by atoms with Crippen molar-refractivity contribution in [3.63, 3.8) is 0 Å². The first kappa shape index (κ1) is 9.58. The molecule has 3 rings (SSSR count). The van der Waals surface area contributed by atoms with Crippen molar-refractivity contribution in [2.45, 2.75) is 32.2 Å². The van der Waals surface area contributed by atoms with E-state index in [9.17, 15) is 0 Å². The van der Waals surface area contributed by atoms with Gasteiger partial charge in [0.15, 0.2) is 5.82 Å². The molecule has 0 saturated heterocycles. The minimum atomic E-state index is 0.540. The van der Waals surface area contributed by atoms with E-state index in [1.54, 1.807) is 0 Å². The van der Waals surface area contributed by atoms with Gasteiger partial charge in [0.25, 0.3) is 0 Å². The molecule has 2 aromatic rings. The molecule has 1 aliphatic rings. The van der Waals surface area contributed by atoms with Crippen molar-refractivity contribution in [3.05, 3.63) is 36.2 Å². The number of hydrogen-bond acceptors (Lipinski definition) is 2. The smallest absolute Gasteiger partial charge is 0.163 e. The molecule has 1 atom stereocenters. The highest BCUT2D eigenvalue weighted by Crippen LogP contribution is 2.29. The van der Waals surface area contributed by atoms with Crippen molar-refractivity contribution >= 4 is 0 Å². The lowest BCUT2D eigenvalue weighted by Gasteiger charge is -2.20. The molecule has 0 saturated carbocycles. The van der Waals surface area contributed by atoms with Crippen LogP contribution in [0.4, 0.5) is 0 Å². The van der Waals surface area contributed by atoms with E-state index >= 15 is 0 Å². The quantitative estimate of drug-likeness (QED) is 0.729. The molecular formula is C13H15N3. The van der Waals surface area contributed by atoms with Gasteiger partial charge in [-0.25, -0.2) is 0 Å². The van der Waals surface area contributed by atoms with Gasteiger partial charge in [0.2, 0.25) is 0 Å². The van der Waals surface area contributed by atoms with Gasteiger partial charge in [-0.3, -0.25) is 0 Å². The van der Waals surface area contributed by atoms with Crippen molar-refractivity contribution in [1.82, 2.24) is 14.8 Å². The maximum Gasteiger partial charge on any atom is 0.163 e. The summed E-state index contributed by atoms with van der Waals surface area (Å²) in [5.74, 6) is 2.70. The molecule has 1 aromatic carbocycles. The number of nitrogens with zero attached hydrogens (tertiary/aromatic N) is 3. The van der Waals surface area contributed by atoms with Crippen LogP contribution in [0.3, 0.4) is 0 Å². The fraction of sp³-hybridized carbons (Fsp3) is 0.385. The Bertz CT molecular complexity index is 487. The molecule has 3 nitrogen and oxygen atoms in total. The zero-order chi connectivity index (χ0) is 11.0. The minimum Gasteiger partial charge on any atom is -0.311 e. The van der Waals surface area contributed by atoms with Gasteiger partial charge in [0.05, 0.1) is 0 Å². The van der Waals surface area contributed by atoms with E-state index < -0.39 is 0 Å². The maximum atomic E-state index is 4.33. The number of fused-ring (bicyclic) bond motifs is 1. The predicted molar refractivity (Wildman–Crippen MR) is 63.1 cm³/mol. The molecular weight excluding hydrogens is 198 g/mol. The fourth-order valence-electron chi connectivity index (χ4n) is 2.39. The van der Waals surface area contributed by atoms with Gasteiger partial charge in [-0.15, -0.1) is 10.2 Å². The molecule has 16 heavy (non-hydrogen) atoms. The zero-order valence-electron chi connectivity index (χ0n) is 9.43. The summed E-state index contributed by atoms with van der Waals surface area (Å²) >= 11 is 0. The minimum absolute atomic E-state index is 0.540. The van der Waals surface area contributed by atoms with Gasteiger partial charge in [-0.05, 0) is 12.8 Å². The lowest BCUT2D eigenvalue weighted by atomic mass is 10.0. The van der Waals surface area contributed by atoms with Crippen LogP contribution in [0.1, 0.15) is 31.5 Å². The molecule has 3 heteroatoms. The van der Waals surface area contributed by atoms with Crippen LogP contribution in [0.25, 0.3) is 11.4 Å². The summed E-state index contributed by atoms with van der Waals surface area (Å²) in [6.07, 6.45) is 2.46. The Hall–Kier alpha value is -1.64. The molecule has 2 heterocycles. The van der Waals surface area contributed by atoms with E-state index in [2.05, 4.69) is 33.8 Å². The molecule has 0 bridgehead atoms. The Balaban J connectivity index is 2.10. The van der Waals surface area contributed by atoms with Gasteiger partial charge < -0.3 is 4.57 Å². The first-order chi connectivity index (χ1) is 7.86. The Morgan fingerprint density at radius 2 is 2.00 bits per heavy atom. The zero-order valence-corrected chi connectivity index (χ0v) is 9.43. The number of rotatable bonds is 1. The maximum absolute atomic E-state index is 4.33. The van der Waals surface area contributed by atoms with Crippen LogP contribution >= 0.6 is 0 Å². The van der Waals surface area contributed by atoms with Crippen LogP contribution in [0, 0.1) is 0 Å². The van der Waals surface area contributed by atoms with E-state index in [-0.39, 0.29) is 0 Å². The second-order valence-electron chi connectivity index (χ2n) is 4.44. The Kier molecular flexibility index (Phi) is 2.24. The SMILES string of the molecule is CC1CCCn2c(-c3ccccc3)nnc21. The summed E-state index contributed by atoms with van der Waals surface area (Å²) < 4.78 is 2.27. The van der Waals surface area contributed by atoms with Crippen LogP contribution in [0.5, 0.6) is 0 Å². The van der Waals surface area contributed by atoms with Crippen molar-refractivity contribution in [1.29, 1.82) is 0 Å². The summed E-state index contributed by atoms with van der Waals surface area (Å²) in [6.45, 7) is 3.28. The Morgan fingerprint density at radius 1 is 1.19 bits per heavy atom. The summed E-state index contributed by atoms with van der Waals surface area (Å²) in [6, 6.07) is 10.3. The van der Waals surface area contributed by atoms with Gasteiger partial charge in [0, 0.05) is 18.0 Å². The summed E-state index contributed by atoms with van der Waals surface area (Å²) in [4.78, 5) is 0. The molecule has 82 valence electrons. The monoisotopic (exact) mass is 213 g/mol. The molecule has 1 aromatic heterocycles.